The first-order valence-corrected chi connectivity index (χ1v) is 8.42. The molecule has 1 aromatic carbocycles. The molecule has 1 saturated heterocycles. The van der Waals surface area contributed by atoms with Crippen LogP contribution in [0.2, 0.25) is 0 Å². The minimum atomic E-state index is -0.273. The van der Waals surface area contributed by atoms with E-state index >= 15 is 0 Å². The van der Waals surface area contributed by atoms with Crippen LogP contribution in [0, 0.1) is 5.92 Å². The van der Waals surface area contributed by atoms with Gasteiger partial charge in [-0.1, -0.05) is 38.1 Å². The molecule has 0 spiro atoms. The number of likely N-dealkylation sites (tertiary alicyclic amines) is 1. The second kappa shape index (κ2) is 8.30. The molecule has 1 aromatic rings. The number of benzene rings is 1. The minimum absolute atomic E-state index is 0.247. The quantitative estimate of drug-likeness (QED) is 0.812. The molecule has 0 bridgehead atoms. The van der Waals surface area contributed by atoms with Gasteiger partial charge in [0, 0.05) is 19.6 Å². The summed E-state index contributed by atoms with van der Waals surface area (Å²) in [6.45, 7) is 8.37. The first-order chi connectivity index (χ1) is 10.6. The summed E-state index contributed by atoms with van der Waals surface area (Å²) in [6.07, 6.45) is 3.36. The average molecular weight is 303 g/mol. The molecule has 1 aliphatic rings. The van der Waals surface area contributed by atoms with E-state index in [0.717, 1.165) is 18.9 Å². The molecule has 1 heterocycles. The third-order valence-corrected chi connectivity index (χ3v) is 4.54. The molecule has 4 nitrogen and oxygen atoms in total. The highest BCUT2D eigenvalue weighted by molar-refractivity contribution is 5.79. The average Bonchev–Trinajstić information content (AvgIpc) is 2.49. The van der Waals surface area contributed by atoms with E-state index in [-0.39, 0.29) is 11.9 Å². The third kappa shape index (κ3) is 4.82. The van der Waals surface area contributed by atoms with E-state index in [1.165, 1.54) is 37.1 Å². The number of amides is 1. The van der Waals surface area contributed by atoms with Crippen molar-refractivity contribution in [2.75, 3.05) is 13.1 Å². The number of nitrogens with one attached hydrogen (secondary N) is 1. The Morgan fingerprint density at radius 3 is 2.77 bits per heavy atom. The molecule has 4 heteroatoms. The summed E-state index contributed by atoms with van der Waals surface area (Å²) < 4.78 is 0. The lowest BCUT2D eigenvalue weighted by Gasteiger charge is -2.31. The second-order valence-electron chi connectivity index (χ2n) is 6.50. The number of nitrogens with zero attached hydrogens (tertiary/aromatic N) is 1. The Morgan fingerprint density at radius 1 is 1.41 bits per heavy atom. The molecule has 0 unspecified atom stereocenters. The van der Waals surface area contributed by atoms with Crippen LogP contribution in [-0.2, 0) is 17.9 Å². The Bertz CT molecular complexity index is 489. The first-order valence-electron chi connectivity index (χ1n) is 8.42. The topological polar surface area (TPSA) is 58.4 Å². The van der Waals surface area contributed by atoms with Crippen LogP contribution in [0.3, 0.4) is 0 Å². The molecule has 22 heavy (non-hydrogen) atoms. The van der Waals surface area contributed by atoms with E-state index in [9.17, 15) is 4.79 Å². The normalized spacial score (nSPS) is 20.7. The van der Waals surface area contributed by atoms with Crippen molar-refractivity contribution >= 4 is 5.91 Å². The SMILES string of the molecule is CC[C@@H](NCc1ccccc1CN1CCC[C@@H](C)C1)C(N)=O. The van der Waals surface area contributed by atoms with Gasteiger partial charge in [0.2, 0.25) is 5.91 Å². The van der Waals surface area contributed by atoms with Crippen molar-refractivity contribution in [3.8, 4) is 0 Å². The summed E-state index contributed by atoms with van der Waals surface area (Å²) in [5, 5.41) is 3.28. The maximum absolute atomic E-state index is 11.3. The Morgan fingerprint density at radius 2 is 2.14 bits per heavy atom. The van der Waals surface area contributed by atoms with Gasteiger partial charge in [-0.25, -0.2) is 0 Å². The van der Waals surface area contributed by atoms with Gasteiger partial charge in [-0.15, -0.1) is 0 Å². The molecule has 1 amide bonds. The minimum Gasteiger partial charge on any atom is -0.368 e. The molecular formula is C18H29N3O. The van der Waals surface area contributed by atoms with Gasteiger partial charge in [-0.05, 0) is 42.9 Å². The summed E-state index contributed by atoms with van der Waals surface area (Å²) in [6, 6.07) is 8.25. The van der Waals surface area contributed by atoms with E-state index in [0.29, 0.717) is 6.54 Å². The van der Waals surface area contributed by atoms with Crippen LogP contribution < -0.4 is 11.1 Å². The Hall–Kier alpha value is -1.39. The van der Waals surface area contributed by atoms with Crippen LogP contribution in [0.4, 0.5) is 0 Å². The molecule has 1 aliphatic heterocycles. The highest BCUT2D eigenvalue weighted by atomic mass is 16.1. The number of nitrogens with two attached hydrogens (primary N) is 1. The first kappa shape index (κ1) is 17.0. The monoisotopic (exact) mass is 303 g/mol. The number of carbonyl (C=O) groups is 1. The molecule has 0 aliphatic carbocycles. The summed E-state index contributed by atoms with van der Waals surface area (Å²) in [4.78, 5) is 13.9. The molecule has 2 atom stereocenters. The van der Waals surface area contributed by atoms with Crippen LogP contribution in [0.5, 0.6) is 0 Å². The lowest BCUT2D eigenvalue weighted by Crippen LogP contribution is -2.40. The fourth-order valence-corrected chi connectivity index (χ4v) is 3.23. The van der Waals surface area contributed by atoms with E-state index < -0.39 is 0 Å². The maximum Gasteiger partial charge on any atom is 0.234 e. The number of hydrogen-bond acceptors (Lipinski definition) is 3. The van der Waals surface area contributed by atoms with Crippen molar-refractivity contribution in [1.29, 1.82) is 0 Å². The van der Waals surface area contributed by atoms with Gasteiger partial charge in [-0.2, -0.15) is 0 Å². The summed E-state index contributed by atoms with van der Waals surface area (Å²) in [5.41, 5.74) is 8.02. The Kier molecular flexibility index (Phi) is 6.40. The molecule has 0 aromatic heterocycles. The van der Waals surface area contributed by atoms with Crippen molar-refractivity contribution in [2.45, 2.75) is 52.2 Å². The van der Waals surface area contributed by atoms with Crippen molar-refractivity contribution in [1.82, 2.24) is 10.2 Å². The third-order valence-electron chi connectivity index (χ3n) is 4.54. The standard InChI is InChI=1S/C18H29N3O/c1-3-17(18(19)22)20-11-15-8-4-5-9-16(15)13-21-10-6-7-14(2)12-21/h4-5,8-9,14,17,20H,3,6-7,10-13H2,1-2H3,(H2,19,22)/t14-,17-/m1/s1. The number of hydrogen-bond donors (Lipinski definition) is 2. The van der Waals surface area contributed by atoms with Crippen molar-refractivity contribution in [3.05, 3.63) is 35.4 Å². The van der Waals surface area contributed by atoms with E-state index in [1.54, 1.807) is 0 Å². The van der Waals surface area contributed by atoms with Gasteiger partial charge in [0.05, 0.1) is 6.04 Å². The molecule has 1 fully saturated rings. The molecule has 2 rings (SSSR count). The lowest BCUT2D eigenvalue weighted by atomic mass is 9.99. The van der Waals surface area contributed by atoms with Crippen LogP contribution in [0.15, 0.2) is 24.3 Å². The molecule has 0 radical (unpaired) electrons. The number of carbonyl (C=O) groups excluding carboxylic acids is 1. The summed E-state index contributed by atoms with van der Waals surface area (Å²) >= 11 is 0. The smallest absolute Gasteiger partial charge is 0.234 e. The molecule has 3 N–H and O–H groups in total. The predicted molar refractivity (Wildman–Crippen MR) is 90.2 cm³/mol. The van der Waals surface area contributed by atoms with Gasteiger partial charge in [0.1, 0.15) is 0 Å². The zero-order valence-corrected chi connectivity index (χ0v) is 13.8. The zero-order chi connectivity index (χ0) is 15.9. The van der Waals surface area contributed by atoms with Crippen LogP contribution in [-0.4, -0.2) is 29.9 Å². The molecule has 0 saturated carbocycles. The van der Waals surface area contributed by atoms with Gasteiger partial charge in [0.25, 0.3) is 0 Å². The predicted octanol–water partition coefficient (Wildman–Crippen LogP) is 2.27. The van der Waals surface area contributed by atoms with Crippen LogP contribution in [0.1, 0.15) is 44.2 Å². The lowest BCUT2D eigenvalue weighted by molar-refractivity contribution is -0.120. The number of piperidine rings is 1. The fourth-order valence-electron chi connectivity index (χ4n) is 3.23. The largest absolute Gasteiger partial charge is 0.368 e. The number of rotatable bonds is 7. The Balaban J connectivity index is 1.98. The highest BCUT2D eigenvalue weighted by Crippen LogP contribution is 2.19. The van der Waals surface area contributed by atoms with Crippen molar-refractivity contribution in [2.24, 2.45) is 11.7 Å². The summed E-state index contributed by atoms with van der Waals surface area (Å²) in [5.74, 6) is 0.517. The molecular weight excluding hydrogens is 274 g/mol. The van der Waals surface area contributed by atoms with Crippen LogP contribution in [0.25, 0.3) is 0 Å². The van der Waals surface area contributed by atoms with E-state index in [2.05, 4.69) is 41.4 Å². The second-order valence-corrected chi connectivity index (χ2v) is 6.50. The Labute approximate surface area is 134 Å². The van der Waals surface area contributed by atoms with Crippen molar-refractivity contribution in [3.63, 3.8) is 0 Å². The molecule has 122 valence electrons. The van der Waals surface area contributed by atoms with Gasteiger partial charge < -0.3 is 11.1 Å². The summed E-state index contributed by atoms with van der Waals surface area (Å²) in [7, 11) is 0. The maximum atomic E-state index is 11.3. The fraction of sp³-hybridized carbons (Fsp3) is 0.611. The van der Waals surface area contributed by atoms with Gasteiger partial charge >= 0.3 is 0 Å². The van der Waals surface area contributed by atoms with Gasteiger partial charge in [0.15, 0.2) is 0 Å². The van der Waals surface area contributed by atoms with Gasteiger partial charge in [-0.3, -0.25) is 9.69 Å². The van der Waals surface area contributed by atoms with Crippen molar-refractivity contribution < 1.29 is 4.79 Å². The zero-order valence-electron chi connectivity index (χ0n) is 13.8. The van der Waals surface area contributed by atoms with Crippen LogP contribution >= 0.6 is 0 Å². The van der Waals surface area contributed by atoms with E-state index in [1.807, 2.05) is 6.92 Å². The highest BCUT2D eigenvalue weighted by Gasteiger charge is 2.18. The van der Waals surface area contributed by atoms with E-state index in [4.69, 9.17) is 5.73 Å². The number of primary amides is 1.